The van der Waals surface area contributed by atoms with Gasteiger partial charge in [0.15, 0.2) is 0 Å². The first-order chi connectivity index (χ1) is 7.22. The van der Waals surface area contributed by atoms with Crippen molar-refractivity contribution in [1.82, 2.24) is 0 Å². The molecule has 2 atom stereocenters. The van der Waals surface area contributed by atoms with Gasteiger partial charge >= 0.3 is 0 Å². The van der Waals surface area contributed by atoms with E-state index < -0.39 is 0 Å². The normalized spacial score (nSPS) is 24.7. The lowest BCUT2D eigenvalue weighted by atomic mass is 10.1. The summed E-state index contributed by atoms with van der Waals surface area (Å²) in [5.41, 5.74) is 1.23. The fourth-order valence-corrected chi connectivity index (χ4v) is 2.10. The van der Waals surface area contributed by atoms with Crippen LogP contribution in [-0.4, -0.2) is 11.7 Å². The van der Waals surface area contributed by atoms with Crippen LogP contribution in [-0.2, 0) is 0 Å². The third kappa shape index (κ3) is 2.54. The standard InChI is InChI=1S/C12H12Cl2O/c13-11-4-3-9(7-12(11)14)10-6-8(10)2-1-5-15/h1-4,7-8,10,15H,5-6H2. The predicted molar refractivity (Wildman–Crippen MR) is 63.5 cm³/mol. The Balaban J connectivity index is 2.07. The van der Waals surface area contributed by atoms with Gasteiger partial charge in [-0.2, -0.15) is 0 Å². The first kappa shape index (κ1) is 11.0. The van der Waals surface area contributed by atoms with Crippen molar-refractivity contribution < 1.29 is 5.11 Å². The maximum absolute atomic E-state index is 8.65. The Morgan fingerprint density at radius 1 is 1.33 bits per heavy atom. The molecule has 1 fully saturated rings. The van der Waals surface area contributed by atoms with Crippen molar-refractivity contribution in [3.63, 3.8) is 0 Å². The Bertz CT molecular complexity index is 387. The number of benzene rings is 1. The summed E-state index contributed by atoms with van der Waals surface area (Å²) in [7, 11) is 0. The molecule has 1 aromatic rings. The quantitative estimate of drug-likeness (QED) is 0.803. The summed E-state index contributed by atoms with van der Waals surface area (Å²) in [5, 5.41) is 9.87. The zero-order valence-corrected chi connectivity index (χ0v) is 9.67. The second-order valence-electron chi connectivity index (χ2n) is 3.79. The van der Waals surface area contributed by atoms with Gasteiger partial charge in [-0.05, 0) is 36.0 Å². The van der Waals surface area contributed by atoms with Crippen LogP contribution in [0.2, 0.25) is 10.0 Å². The molecule has 0 aliphatic heterocycles. The van der Waals surface area contributed by atoms with Gasteiger partial charge in [0.25, 0.3) is 0 Å². The number of hydrogen-bond donors (Lipinski definition) is 1. The van der Waals surface area contributed by atoms with E-state index in [1.165, 1.54) is 5.56 Å². The fraction of sp³-hybridized carbons (Fsp3) is 0.333. The highest BCUT2D eigenvalue weighted by molar-refractivity contribution is 6.42. The van der Waals surface area contributed by atoms with Crippen LogP contribution in [0.25, 0.3) is 0 Å². The van der Waals surface area contributed by atoms with E-state index in [2.05, 4.69) is 6.08 Å². The molecule has 0 spiro atoms. The summed E-state index contributed by atoms with van der Waals surface area (Å²) < 4.78 is 0. The lowest BCUT2D eigenvalue weighted by molar-refractivity contribution is 0.342. The maximum Gasteiger partial charge on any atom is 0.0612 e. The molecule has 0 amide bonds. The summed E-state index contributed by atoms with van der Waals surface area (Å²) in [6.45, 7) is 0.116. The Hall–Kier alpha value is -0.500. The maximum atomic E-state index is 8.65. The molecule has 0 radical (unpaired) electrons. The molecular formula is C12H12Cl2O. The van der Waals surface area contributed by atoms with Crippen LogP contribution < -0.4 is 0 Å². The summed E-state index contributed by atoms with van der Waals surface area (Å²) in [5.74, 6) is 1.09. The summed E-state index contributed by atoms with van der Waals surface area (Å²) >= 11 is 11.8. The number of allylic oxidation sites excluding steroid dienone is 1. The molecule has 2 rings (SSSR count). The average Bonchev–Trinajstić information content (AvgIpc) is 2.98. The molecule has 0 heterocycles. The highest BCUT2D eigenvalue weighted by Crippen LogP contribution is 2.49. The number of rotatable bonds is 3. The third-order valence-electron chi connectivity index (χ3n) is 2.70. The van der Waals surface area contributed by atoms with Crippen molar-refractivity contribution in [1.29, 1.82) is 0 Å². The predicted octanol–water partition coefficient (Wildman–Crippen LogP) is 3.65. The van der Waals surface area contributed by atoms with E-state index >= 15 is 0 Å². The first-order valence-electron chi connectivity index (χ1n) is 4.95. The lowest BCUT2D eigenvalue weighted by Crippen LogP contribution is -1.82. The minimum Gasteiger partial charge on any atom is -0.392 e. The molecule has 1 aliphatic rings. The Labute approximate surface area is 99.3 Å². The molecule has 80 valence electrons. The molecule has 1 aromatic carbocycles. The minimum absolute atomic E-state index is 0.116. The Morgan fingerprint density at radius 2 is 2.13 bits per heavy atom. The summed E-state index contributed by atoms with van der Waals surface area (Å²) in [4.78, 5) is 0. The van der Waals surface area contributed by atoms with E-state index in [-0.39, 0.29) is 6.61 Å². The van der Waals surface area contributed by atoms with Gasteiger partial charge in [0, 0.05) is 0 Å². The van der Waals surface area contributed by atoms with Gasteiger partial charge in [-0.25, -0.2) is 0 Å². The van der Waals surface area contributed by atoms with E-state index in [0.29, 0.717) is 21.9 Å². The smallest absolute Gasteiger partial charge is 0.0612 e. The van der Waals surface area contributed by atoms with E-state index in [9.17, 15) is 0 Å². The topological polar surface area (TPSA) is 20.2 Å². The van der Waals surface area contributed by atoms with Crippen molar-refractivity contribution in [3.05, 3.63) is 46.0 Å². The van der Waals surface area contributed by atoms with Crippen LogP contribution in [0.15, 0.2) is 30.4 Å². The lowest BCUT2D eigenvalue weighted by Gasteiger charge is -2.00. The van der Waals surface area contributed by atoms with Crippen molar-refractivity contribution >= 4 is 23.2 Å². The monoisotopic (exact) mass is 242 g/mol. The van der Waals surface area contributed by atoms with Gasteiger partial charge in [-0.15, -0.1) is 0 Å². The largest absolute Gasteiger partial charge is 0.392 e. The molecular weight excluding hydrogens is 231 g/mol. The molecule has 3 heteroatoms. The zero-order valence-electron chi connectivity index (χ0n) is 8.16. The molecule has 15 heavy (non-hydrogen) atoms. The SMILES string of the molecule is OCC=CC1CC1c1ccc(Cl)c(Cl)c1. The van der Waals surface area contributed by atoms with Crippen LogP contribution in [0.4, 0.5) is 0 Å². The Morgan fingerprint density at radius 3 is 2.80 bits per heavy atom. The first-order valence-corrected chi connectivity index (χ1v) is 5.70. The van der Waals surface area contributed by atoms with E-state index in [1.54, 1.807) is 6.08 Å². The molecule has 1 aliphatic carbocycles. The number of aliphatic hydroxyl groups is 1. The highest BCUT2D eigenvalue weighted by Gasteiger charge is 2.36. The Kier molecular flexibility index (Phi) is 3.35. The van der Waals surface area contributed by atoms with E-state index in [1.807, 2.05) is 18.2 Å². The van der Waals surface area contributed by atoms with Crippen molar-refractivity contribution in [3.8, 4) is 0 Å². The molecule has 0 saturated heterocycles. The molecule has 1 N–H and O–H groups in total. The molecule has 1 nitrogen and oxygen atoms in total. The molecule has 0 aromatic heterocycles. The van der Waals surface area contributed by atoms with Crippen molar-refractivity contribution in [2.45, 2.75) is 12.3 Å². The fourth-order valence-electron chi connectivity index (χ4n) is 1.79. The second-order valence-corrected chi connectivity index (χ2v) is 4.60. The van der Waals surface area contributed by atoms with E-state index in [4.69, 9.17) is 28.3 Å². The molecule has 0 bridgehead atoms. The molecule has 2 unspecified atom stereocenters. The van der Waals surface area contributed by atoms with Gasteiger partial charge in [0.05, 0.1) is 16.7 Å². The van der Waals surface area contributed by atoms with Gasteiger partial charge in [0.1, 0.15) is 0 Å². The molecule has 1 saturated carbocycles. The van der Waals surface area contributed by atoms with Crippen molar-refractivity contribution in [2.24, 2.45) is 5.92 Å². The zero-order chi connectivity index (χ0) is 10.8. The van der Waals surface area contributed by atoms with Crippen molar-refractivity contribution in [2.75, 3.05) is 6.61 Å². The van der Waals surface area contributed by atoms with Crippen LogP contribution >= 0.6 is 23.2 Å². The second kappa shape index (κ2) is 4.56. The van der Waals surface area contributed by atoms with E-state index in [0.717, 1.165) is 6.42 Å². The number of aliphatic hydroxyl groups excluding tert-OH is 1. The summed E-state index contributed by atoms with van der Waals surface area (Å²) in [6, 6.07) is 5.79. The number of hydrogen-bond acceptors (Lipinski definition) is 1. The van der Waals surface area contributed by atoms with Gasteiger partial charge in [-0.1, -0.05) is 41.4 Å². The van der Waals surface area contributed by atoms with Gasteiger partial charge in [0.2, 0.25) is 0 Å². The van der Waals surface area contributed by atoms with Crippen LogP contribution in [0, 0.1) is 5.92 Å². The van der Waals surface area contributed by atoms with Gasteiger partial charge in [-0.3, -0.25) is 0 Å². The summed E-state index contributed by atoms with van der Waals surface area (Å²) in [6.07, 6.45) is 4.99. The van der Waals surface area contributed by atoms with Crippen LogP contribution in [0.5, 0.6) is 0 Å². The third-order valence-corrected chi connectivity index (χ3v) is 3.44. The van der Waals surface area contributed by atoms with Gasteiger partial charge < -0.3 is 5.11 Å². The van der Waals surface area contributed by atoms with Crippen LogP contribution in [0.3, 0.4) is 0 Å². The van der Waals surface area contributed by atoms with Crippen LogP contribution in [0.1, 0.15) is 17.9 Å². The highest BCUT2D eigenvalue weighted by atomic mass is 35.5. The average molecular weight is 243 g/mol. The minimum atomic E-state index is 0.116. The number of halogens is 2.